The molecule has 1 fully saturated rings. The van der Waals surface area contributed by atoms with E-state index in [0.717, 1.165) is 5.56 Å². The second kappa shape index (κ2) is 7.26. The summed E-state index contributed by atoms with van der Waals surface area (Å²) in [6.45, 7) is 0.982. The summed E-state index contributed by atoms with van der Waals surface area (Å²) < 4.78 is 0. The number of amidine groups is 1. The minimum atomic E-state index is -0.542. The Kier molecular flexibility index (Phi) is 4.88. The number of amides is 2. The van der Waals surface area contributed by atoms with Crippen molar-refractivity contribution in [3.63, 3.8) is 0 Å². The number of nitrogen functional groups attached to an aromatic ring is 2. The number of nitrogens with zero attached hydrogens (tertiary/aromatic N) is 1. The van der Waals surface area contributed by atoms with Crippen LogP contribution in [0, 0.1) is 5.41 Å². The minimum absolute atomic E-state index is 0.00753. The molecule has 2 aromatic carbocycles. The molecule has 0 saturated carbocycles. The van der Waals surface area contributed by atoms with Crippen LogP contribution in [0.5, 0.6) is 0 Å². The predicted octanol–water partition coefficient (Wildman–Crippen LogP) is 1.08. The number of benzene rings is 2. The molecule has 0 bridgehead atoms. The van der Waals surface area contributed by atoms with E-state index in [-0.39, 0.29) is 17.6 Å². The third-order valence-electron chi connectivity index (χ3n) is 4.36. The molecule has 0 radical (unpaired) electrons. The molecule has 2 aromatic rings. The highest BCUT2D eigenvalue weighted by Gasteiger charge is 2.32. The Morgan fingerprint density at radius 3 is 2.65 bits per heavy atom. The summed E-state index contributed by atoms with van der Waals surface area (Å²) in [4.78, 5) is 26.6. The third kappa shape index (κ3) is 3.83. The van der Waals surface area contributed by atoms with Crippen molar-refractivity contribution in [1.29, 1.82) is 5.41 Å². The van der Waals surface area contributed by atoms with Gasteiger partial charge in [-0.25, -0.2) is 0 Å². The van der Waals surface area contributed by atoms with Gasteiger partial charge in [-0.05, 0) is 36.2 Å². The van der Waals surface area contributed by atoms with Crippen LogP contribution in [-0.2, 0) is 11.3 Å². The van der Waals surface area contributed by atoms with Gasteiger partial charge in [0.1, 0.15) is 11.9 Å². The van der Waals surface area contributed by atoms with Gasteiger partial charge in [0.2, 0.25) is 5.91 Å². The smallest absolute Gasteiger partial charge is 0.252 e. The zero-order valence-electron chi connectivity index (χ0n) is 14.2. The Labute approximate surface area is 151 Å². The largest absolute Gasteiger partial charge is 0.399 e. The van der Waals surface area contributed by atoms with Crippen molar-refractivity contribution < 1.29 is 9.59 Å². The molecule has 1 atom stereocenters. The van der Waals surface area contributed by atoms with Crippen LogP contribution in [0.25, 0.3) is 0 Å². The molecule has 0 aromatic heterocycles. The van der Waals surface area contributed by atoms with Crippen LogP contribution in [0.4, 0.5) is 5.69 Å². The zero-order chi connectivity index (χ0) is 18.7. The molecular weight excluding hydrogens is 330 g/mol. The first-order chi connectivity index (χ1) is 12.4. The van der Waals surface area contributed by atoms with Crippen molar-refractivity contribution >= 4 is 23.3 Å². The van der Waals surface area contributed by atoms with E-state index in [9.17, 15) is 9.59 Å². The Morgan fingerprint density at radius 2 is 1.92 bits per heavy atom. The Hall–Kier alpha value is -3.35. The fraction of sp³-hybridized carbons (Fsp3) is 0.211. The van der Waals surface area contributed by atoms with Gasteiger partial charge < -0.3 is 21.7 Å². The van der Waals surface area contributed by atoms with Crippen LogP contribution in [0.3, 0.4) is 0 Å². The maximum atomic E-state index is 12.6. The average molecular weight is 351 g/mol. The average Bonchev–Trinajstić information content (AvgIpc) is 2.95. The highest BCUT2D eigenvalue weighted by Crippen LogP contribution is 2.17. The molecule has 3 rings (SSSR count). The highest BCUT2D eigenvalue weighted by atomic mass is 16.2. The van der Waals surface area contributed by atoms with E-state index < -0.39 is 6.04 Å². The van der Waals surface area contributed by atoms with E-state index in [1.807, 2.05) is 12.1 Å². The number of rotatable bonds is 5. The lowest BCUT2D eigenvalue weighted by molar-refractivity contribution is -0.129. The SMILES string of the molecule is N=C(N)c1cccc(CN2CC[C@H](NC(=O)c3cccc(N)c3)C2=O)c1. The Morgan fingerprint density at radius 1 is 1.19 bits per heavy atom. The molecule has 7 nitrogen and oxygen atoms in total. The molecule has 1 heterocycles. The number of anilines is 1. The molecule has 1 aliphatic heterocycles. The minimum Gasteiger partial charge on any atom is -0.399 e. The van der Waals surface area contributed by atoms with Crippen molar-refractivity contribution in [2.45, 2.75) is 19.0 Å². The van der Waals surface area contributed by atoms with Gasteiger partial charge in [0.25, 0.3) is 5.91 Å². The van der Waals surface area contributed by atoms with Gasteiger partial charge in [-0.3, -0.25) is 15.0 Å². The van der Waals surface area contributed by atoms with Crippen molar-refractivity contribution in [2.75, 3.05) is 12.3 Å². The number of likely N-dealkylation sites (tertiary alicyclic amines) is 1. The highest BCUT2D eigenvalue weighted by molar-refractivity contribution is 5.98. The van der Waals surface area contributed by atoms with Crippen molar-refractivity contribution in [3.8, 4) is 0 Å². The first-order valence-corrected chi connectivity index (χ1v) is 8.32. The summed E-state index contributed by atoms with van der Waals surface area (Å²) in [5, 5.41) is 10.3. The summed E-state index contributed by atoms with van der Waals surface area (Å²) in [7, 11) is 0. The fourth-order valence-corrected chi connectivity index (χ4v) is 3.01. The maximum Gasteiger partial charge on any atom is 0.252 e. The molecule has 0 spiro atoms. The quantitative estimate of drug-likeness (QED) is 0.365. The van der Waals surface area contributed by atoms with E-state index in [1.165, 1.54) is 0 Å². The molecule has 0 unspecified atom stereocenters. The molecule has 0 aliphatic carbocycles. The van der Waals surface area contributed by atoms with Crippen molar-refractivity contribution in [2.24, 2.45) is 5.73 Å². The number of hydrogen-bond acceptors (Lipinski definition) is 4. The van der Waals surface area contributed by atoms with Crippen LogP contribution >= 0.6 is 0 Å². The van der Waals surface area contributed by atoms with Gasteiger partial charge >= 0.3 is 0 Å². The van der Waals surface area contributed by atoms with E-state index in [4.69, 9.17) is 16.9 Å². The van der Waals surface area contributed by atoms with E-state index >= 15 is 0 Å². The van der Waals surface area contributed by atoms with Crippen molar-refractivity contribution in [1.82, 2.24) is 10.2 Å². The second-order valence-corrected chi connectivity index (χ2v) is 6.31. The summed E-state index contributed by atoms with van der Waals surface area (Å²) in [5.41, 5.74) is 13.7. The van der Waals surface area contributed by atoms with Gasteiger partial charge in [0.15, 0.2) is 0 Å². The summed E-state index contributed by atoms with van der Waals surface area (Å²) >= 11 is 0. The van der Waals surface area contributed by atoms with Crippen LogP contribution < -0.4 is 16.8 Å². The Balaban J connectivity index is 1.64. The molecule has 134 valence electrons. The first-order valence-electron chi connectivity index (χ1n) is 8.32. The number of carbonyl (C=O) groups is 2. The lowest BCUT2D eigenvalue weighted by Crippen LogP contribution is -2.41. The summed E-state index contributed by atoms with van der Waals surface area (Å²) in [5.74, 6) is -0.432. The zero-order valence-corrected chi connectivity index (χ0v) is 14.2. The normalized spacial score (nSPS) is 16.5. The number of nitrogens with two attached hydrogens (primary N) is 2. The van der Waals surface area contributed by atoms with Gasteiger partial charge in [-0.1, -0.05) is 24.3 Å². The predicted molar refractivity (Wildman–Crippen MR) is 99.6 cm³/mol. The molecule has 6 N–H and O–H groups in total. The van der Waals surface area contributed by atoms with Crippen LogP contribution in [0.1, 0.15) is 27.9 Å². The number of nitrogens with one attached hydrogen (secondary N) is 2. The monoisotopic (exact) mass is 351 g/mol. The van der Waals surface area contributed by atoms with Gasteiger partial charge in [0.05, 0.1) is 0 Å². The maximum absolute atomic E-state index is 12.6. The second-order valence-electron chi connectivity index (χ2n) is 6.31. The Bertz CT molecular complexity index is 865. The van der Waals surface area contributed by atoms with Crippen LogP contribution in [0.15, 0.2) is 48.5 Å². The van der Waals surface area contributed by atoms with E-state index in [0.29, 0.717) is 36.3 Å². The topological polar surface area (TPSA) is 125 Å². The van der Waals surface area contributed by atoms with Crippen LogP contribution in [-0.4, -0.2) is 35.1 Å². The lowest BCUT2D eigenvalue weighted by atomic mass is 10.1. The number of carbonyl (C=O) groups excluding carboxylic acids is 2. The lowest BCUT2D eigenvalue weighted by Gasteiger charge is -2.18. The molecular formula is C19H21N5O2. The van der Waals surface area contributed by atoms with Gasteiger partial charge in [0, 0.05) is 29.9 Å². The van der Waals surface area contributed by atoms with E-state index in [1.54, 1.807) is 41.3 Å². The van der Waals surface area contributed by atoms with Crippen molar-refractivity contribution in [3.05, 3.63) is 65.2 Å². The molecule has 1 saturated heterocycles. The molecule has 7 heteroatoms. The van der Waals surface area contributed by atoms with E-state index in [2.05, 4.69) is 5.32 Å². The van der Waals surface area contributed by atoms with Crippen LogP contribution in [0.2, 0.25) is 0 Å². The first kappa shape index (κ1) is 17.5. The summed E-state index contributed by atoms with van der Waals surface area (Å²) in [6.07, 6.45) is 0.555. The molecule has 2 amide bonds. The third-order valence-corrected chi connectivity index (χ3v) is 4.36. The number of hydrogen-bond donors (Lipinski definition) is 4. The molecule has 26 heavy (non-hydrogen) atoms. The summed E-state index contributed by atoms with van der Waals surface area (Å²) in [6, 6.07) is 13.4. The standard InChI is InChI=1S/C19H21N5O2/c20-15-6-2-5-14(10-15)18(25)23-16-7-8-24(19(16)26)11-12-3-1-4-13(9-12)17(21)22/h1-6,9-10,16H,7-8,11,20H2,(H3,21,22)(H,23,25)/t16-/m0/s1. The van der Waals surface area contributed by atoms with Gasteiger partial charge in [-0.15, -0.1) is 0 Å². The molecule has 1 aliphatic rings. The fourth-order valence-electron chi connectivity index (χ4n) is 3.01. The van der Waals surface area contributed by atoms with Gasteiger partial charge in [-0.2, -0.15) is 0 Å².